The highest BCUT2D eigenvalue weighted by atomic mass is 19.2. The van der Waals surface area contributed by atoms with E-state index in [1.807, 2.05) is 26.0 Å². The SMILES string of the molecule is Cc1ccc(-c2cccc(F)c2F)cc1C. The molecule has 0 spiro atoms. The lowest BCUT2D eigenvalue weighted by molar-refractivity contribution is 0.511. The molecule has 0 heterocycles. The van der Waals surface area contributed by atoms with Gasteiger partial charge in [0.1, 0.15) is 0 Å². The third-order valence-electron chi connectivity index (χ3n) is 2.77. The van der Waals surface area contributed by atoms with Crippen LogP contribution in [-0.2, 0) is 0 Å². The number of hydrogen-bond acceptors (Lipinski definition) is 0. The van der Waals surface area contributed by atoms with Gasteiger partial charge in [-0.1, -0.05) is 30.3 Å². The van der Waals surface area contributed by atoms with E-state index in [4.69, 9.17) is 0 Å². The van der Waals surface area contributed by atoms with E-state index in [1.54, 1.807) is 12.1 Å². The first-order valence-corrected chi connectivity index (χ1v) is 5.11. The van der Waals surface area contributed by atoms with Crippen LogP contribution in [0.15, 0.2) is 36.4 Å². The van der Waals surface area contributed by atoms with Gasteiger partial charge in [0.15, 0.2) is 11.6 Å². The van der Waals surface area contributed by atoms with Gasteiger partial charge in [-0.05, 0) is 36.6 Å². The predicted octanol–water partition coefficient (Wildman–Crippen LogP) is 4.25. The molecule has 0 saturated carbocycles. The third-order valence-corrected chi connectivity index (χ3v) is 2.77. The molecule has 16 heavy (non-hydrogen) atoms. The Bertz CT molecular complexity index is 530. The summed E-state index contributed by atoms with van der Waals surface area (Å²) in [6.07, 6.45) is 0. The van der Waals surface area contributed by atoms with Crippen LogP contribution in [0.5, 0.6) is 0 Å². The molecule has 2 rings (SSSR count). The minimum atomic E-state index is -0.810. The van der Waals surface area contributed by atoms with Crippen LogP contribution < -0.4 is 0 Å². The predicted molar refractivity (Wildman–Crippen MR) is 61.3 cm³/mol. The molecule has 0 nitrogen and oxygen atoms in total. The van der Waals surface area contributed by atoms with Gasteiger partial charge < -0.3 is 0 Å². The molecule has 0 radical (unpaired) electrons. The summed E-state index contributed by atoms with van der Waals surface area (Å²) in [6.45, 7) is 3.94. The molecular weight excluding hydrogens is 206 g/mol. The lowest BCUT2D eigenvalue weighted by Crippen LogP contribution is -1.90. The van der Waals surface area contributed by atoms with Crippen molar-refractivity contribution < 1.29 is 8.78 Å². The summed E-state index contributed by atoms with van der Waals surface area (Å²) in [7, 11) is 0. The number of halogens is 2. The Kier molecular flexibility index (Phi) is 2.73. The maximum Gasteiger partial charge on any atom is 0.166 e. The molecular formula is C14H12F2. The van der Waals surface area contributed by atoms with Gasteiger partial charge in [0.05, 0.1) is 0 Å². The second-order valence-electron chi connectivity index (χ2n) is 3.90. The highest BCUT2D eigenvalue weighted by Crippen LogP contribution is 2.25. The van der Waals surface area contributed by atoms with Gasteiger partial charge in [0.25, 0.3) is 0 Å². The third kappa shape index (κ3) is 1.83. The standard InChI is InChI=1S/C14H12F2/c1-9-6-7-11(8-10(9)2)12-4-3-5-13(15)14(12)16/h3-8H,1-2H3. The van der Waals surface area contributed by atoms with Gasteiger partial charge in [0, 0.05) is 5.56 Å². The summed E-state index contributed by atoms with van der Waals surface area (Å²) < 4.78 is 26.6. The fourth-order valence-electron chi connectivity index (χ4n) is 1.64. The molecule has 0 aliphatic heterocycles. The van der Waals surface area contributed by atoms with E-state index in [-0.39, 0.29) is 0 Å². The van der Waals surface area contributed by atoms with Crippen molar-refractivity contribution in [1.29, 1.82) is 0 Å². The van der Waals surface area contributed by atoms with Crippen LogP contribution in [0.3, 0.4) is 0 Å². The zero-order chi connectivity index (χ0) is 11.7. The van der Waals surface area contributed by atoms with E-state index in [2.05, 4.69) is 0 Å². The highest BCUT2D eigenvalue weighted by molar-refractivity contribution is 5.65. The molecule has 0 fully saturated rings. The minimum Gasteiger partial charge on any atom is -0.204 e. The Hall–Kier alpha value is -1.70. The molecule has 0 aromatic heterocycles. The van der Waals surface area contributed by atoms with Crippen molar-refractivity contribution in [3.05, 3.63) is 59.2 Å². The lowest BCUT2D eigenvalue weighted by atomic mass is 10.00. The van der Waals surface area contributed by atoms with Crippen LogP contribution in [-0.4, -0.2) is 0 Å². The zero-order valence-corrected chi connectivity index (χ0v) is 9.22. The zero-order valence-electron chi connectivity index (χ0n) is 9.22. The Labute approximate surface area is 93.5 Å². The van der Waals surface area contributed by atoms with Crippen molar-refractivity contribution in [3.63, 3.8) is 0 Å². The molecule has 0 N–H and O–H groups in total. The first-order valence-electron chi connectivity index (χ1n) is 5.11. The maximum atomic E-state index is 13.5. The van der Waals surface area contributed by atoms with Gasteiger partial charge in [0.2, 0.25) is 0 Å². The van der Waals surface area contributed by atoms with Crippen LogP contribution in [0.2, 0.25) is 0 Å². The summed E-state index contributed by atoms with van der Waals surface area (Å²) in [5.41, 5.74) is 3.23. The van der Waals surface area contributed by atoms with E-state index < -0.39 is 11.6 Å². The Morgan fingerprint density at radius 3 is 2.31 bits per heavy atom. The summed E-state index contributed by atoms with van der Waals surface area (Å²) >= 11 is 0. The lowest BCUT2D eigenvalue weighted by Gasteiger charge is -2.07. The smallest absolute Gasteiger partial charge is 0.166 e. The second kappa shape index (κ2) is 4.05. The first kappa shape index (κ1) is 10.8. The van der Waals surface area contributed by atoms with Crippen LogP contribution in [0.1, 0.15) is 11.1 Å². The van der Waals surface area contributed by atoms with Gasteiger partial charge in [-0.3, -0.25) is 0 Å². The quantitative estimate of drug-likeness (QED) is 0.671. The van der Waals surface area contributed by atoms with Gasteiger partial charge in [-0.2, -0.15) is 0 Å². The maximum absolute atomic E-state index is 13.5. The van der Waals surface area contributed by atoms with E-state index in [1.165, 1.54) is 6.07 Å². The molecule has 2 aromatic carbocycles. The Morgan fingerprint density at radius 1 is 0.875 bits per heavy atom. The molecule has 82 valence electrons. The molecule has 0 bridgehead atoms. The minimum absolute atomic E-state index is 0.308. The summed E-state index contributed by atoms with van der Waals surface area (Å²) in [4.78, 5) is 0. The van der Waals surface area contributed by atoms with E-state index >= 15 is 0 Å². The van der Waals surface area contributed by atoms with Gasteiger partial charge in [-0.25, -0.2) is 8.78 Å². The Balaban J connectivity index is 2.59. The summed E-state index contributed by atoms with van der Waals surface area (Å²) in [5, 5.41) is 0. The topological polar surface area (TPSA) is 0 Å². The second-order valence-corrected chi connectivity index (χ2v) is 3.90. The molecule has 2 aromatic rings. The molecule has 0 unspecified atom stereocenters. The van der Waals surface area contributed by atoms with Gasteiger partial charge >= 0.3 is 0 Å². The van der Waals surface area contributed by atoms with Crippen molar-refractivity contribution in [3.8, 4) is 11.1 Å². The molecule has 0 atom stereocenters. The first-order chi connectivity index (χ1) is 7.59. The molecule has 0 saturated heterocycles. The van der Waals surface area contributed by atoms with Crippen molar-refractivity contribution >= 4 is 0 Å². The molecule has 0 aliphatic carbocycles. The number of aryl methyl sites for hydroxylation is 2. The fraction of sp³-hybridized carbons (Fsp3) is 0.143. The number of rotatable bonds is 1. The normalized spacial score (nSPS) is 10.5. The average Bonchev–Trinajstić information content (AvgIpc) is 2.26. The Morgan fingerprint density at radius 2 is 1.62 bits per heavy atom. The van der Waals surface area contributed by atoms with E-state index in [0.29, 0.717) is 11.1 Å². The van der Waals surface area contributed by atoms with Crippen LogP contribution >= 0.6 is 0 Å². The largest absolute Gasteiger partial charge is 0.204 e. The molecule has 0 amide bonds. The van der Waals surface area contributed by atoms with Gasteiger partial charge in [-0.15, -0.1) is 0 Å². The number of benzene rings is 2. The van der Waals surface area contributed by atoms with Crippen LogP contribution in [0, 0.1) is 25.5 Å². The fourth-order valence-corrected chi connectivity index (χ4v) is 1.64. The highest BCUT2D eigenvalue weighted by Gasteiger charge is 2.09. The average molecular weight is 218 g/mol. The van der Waals surface area contributed by atoms with Crippen molar-refractivity contribution in [2.24, 2.45) is 0 Å². The molecule has 0 aliphatic rings. The van der Waals surface area contributed by atoms with E-state index in [9.17, 15) is 8.78 Å². The van der Waals surface area contributed by atoms with Crippen LogP contribution in [0.4, 0.5) is 8.78 Å². The number of hydrogen-bond donors (Lipinski definition) is 0. The van der Waals surface area contributed by atoms with Crippen molar-refractivity contribution in [1.82, 2.24) is 0 Å². The van der Waals surface area contributed by atoms with Crippen LogP contribution in [0.25, 0.3) is 11.1 Å². The van der Waals surface area contributed by atoms with E-state index in [0.717, 1.165) is 17.2 Å². The summed E-state index contributed by atoms with van der Waals surface area (Å²) in [6, 6.07) is 9.81. The summed E-state index contributed by atoms with van der Waals surface area (Å²) in [5.74, 6) is -1.60. The monoisotopic (exact) mass is 218 g/mol. The van der Waals surface area contributed by atoms with Crippen molar-refractivity contribution in [2.45, 2.75) is 13.8 Å². The molecule has 2 heteroatoms. The van der Waals surface area contributed by atoms with Crippen molar-refractivity contribution in [2.75, 3.05) is 0 Å².